The van der Waals surface area contributed by atoms with Crippen LogP contribution < -0.4 is 0 Å². The minimum absolute atomic E-state index is 0.350. The number of ether oxygens (including phenoxy) is 1. The molecule has 2 aliphatic rings. The van der Waals surface area contributed by atoms with E-state index in [0.29, 0.717) is 24.2 Å². The summed E-state index contributed by atoms with van der Waals surface area (Å²) < 4.78 is 5.55. The van der Waals surface area contributed by atoms with Crippen LogP contribution >= 0.6 is 0 Å². The lowest BCUT2D eigenvalue weighted by atomic mass is 9.75. The largest absolute Gasteiger partial charge is 0.378 e. The molecule has 0 spiro atoms. The Morgan fingerprint density at radius 3 is 3.00 bits per heavy atom. The zero-order valence-electron chi connectivity index (χ0n) is 10.7. The fourth-order valence-electron chi connectivity index (χ4n) is 3.12. The summed E-state index contributed by atoms with van der Waals surface area (Å²) in [6, 6.07) is 8.48. The Morgan fingerprint density at radius 1 is 1.33 bits per heavy atom. The van der Waals surface area contributed by atoms with Gasteiger partial charge in [0.25, 0.3) is 0 Å². The summed E-state index contributed by atoms with van der Waals surface area (Å²) in [6.45, 7) is 0.884. The first kappa shape index (κ1) is 11.9. The molecule has 1 heterocycles. The molecule has 0 amide bonds. The molecule has 0 radical (unpaired) electrons. The second-order valence-corrected chi connectivity index (χ2v) is 5.52. The summed E-state index contributed by atoms with van der Waals surface area (Å²) in [5.74, 6) is 0.892. The first-order chi connectivity index (χ1) is 8.83. The van der Waals surface area contributed by atoms with Crippen LogP contribution in [0.5, 0.6) is 0 Å². The van der Waals surface area contributed by atoms with Crippen molar-refractivity contribution in [1.82, 2.24) is 0 Å². The predicted molar refractivity (Wildman–Crippen MR) is 70.7 cm³/mol. The van der Waals surface area contributed by atoms with Gasteiger partial charge in [-0.15, -0.1) is 0 Å². The van der Waals surface area contributed by atoms with E-state index in [1.54, 1.807) is 0 Å². The highest BCUT2D eigenvalue weighted by atomic mass is 16.5. The lowest BCUT2D eigenvalue weighted by molar-refractivity contribution is -0.120. The van der Waals surface area contributed by atoms with E-state index in [0.717, 1.165) is 38.7 Å². The molecule has 2 heteroatoms. The second kappa shape index (κ2) is 5.23. The normalized spacial score (nSPS) is 25.6. The van der Waals surface area contributed by atoms with Gasteiger partial charge in [-0.1, -0.05) is 24.3 Å². The highest BCUT2D eigenvalue weighted by Crippen LogP contribution is 2.37. The second-order valence-electron chi connectivity index (χ2n) is 5.52. The van der Waals surface area contributed by atoms with Gasteiger partial charge in [0.15, 0.2) is 0 Å². The molecule has 2 unspecified atom stereocenters. The van der Waals surface area contributed by atoms with Crippen molar-refractivity contribution in [3.05, 3.63) is 35.4 Å². The highest BCUT2D eigenvalue weighted by Gasteiger charge is 2.27. The van der Waals surface area contributed by atoms with Crippen molar-refractivity contribution in [2.45, 2.75) is 50.5 Å². The van der Waals surface area contributed by atoms with Crippen LogP contribution in [0.2, 0.25) is 0 Å². The van der Waals surface area contributed by atoms with Gasteiger partial charge in [-0.25, -0.2) is 0 Å². The van der Waals surface area contributed by atoms with E-state index >= 15 is 0 Å². The molecule has 0 aromatic heterocycles. The monoisotopic (exact) mass is 244 g/mol. The van der Waals surface area contributed by atoms with Gasteiger partial charge in [0.05, 0.1) is 6.10 Å². The van der Waals surface area contributed by atoms with E-state index in [1.165, 1.54) is 11.1 Å². The molecule has 2 nitrogen and oxygen atoms in total. The SMILES string of the molecule is O=C(CCC1CCCO1)CC1Cc2ccccc21. The zero-order valence-corrected chi connectivity index (χ0v) is 10.7. The average Bonchev–Trinajstić information content (AvgIpc) is 2.87. The third kappa shape index (κ3) is 2.49. The standard InChI is InChI=1S/C16H20O2/c17-14(7-8-15-5-3-9-18-15)11-13-10-12-4-1-2-6-16(12)13/h1-2,4,6,13,15H,3,5,7-11H2. The van der Waals surface area contributed by atoms with Crippen LogP contribution in [0.4, 0.5) is 0 Å². The van der Waals surface area contributed by atoms with Gasteiger partial charge >= 0.3 is 0 Å². The van der Waals surface area contributed by atoms with Crippen molar-refractivity contribution in [3.63, 3.8) is 0 Å². The molecule has 3 rings (SSSR count). The van der Waals surface area contributed by atoms with Gasteiger partial charge in [0.1, 0.15) is 5.78 Å². The number of benzene rings is 1. The van der Waals surface area contributed by atoms with Crippen LogP contribution in [0.25, 0.3) is 0 Å². The van der Waals surface area contributed by atoms with Gasteiger partial charge in [-0.05, 0) is 42.7 Å². The molecule has 1 aromatic carbocycles. The van der Waals surface area contributed by atoms with Crippen LogP contribution in [0, 0.1) is 0 Å². The third-order valence-corrected chi connectivity index (χ3v) is 4.20. The molecule has 0 N–H and O–H groups in total. The van der Waals surface area contributed by atoms with E-state index in [1.807, 2.05) is 0 Å². The highest BCUT2D eigenvalue weighted by molar-refractivity contribution is 5.79. The fraction of sp³-hybridized carbons (Fsp3) is 0.562. The molecule has 0 bridgehead atoms. The number of carbonyl (C=O) groups excluding carboxylic acids is 1. The van der Waals surface area contributed by atoms with Crippen molar-refractivity contribution in [3.8, 4) is 0 Å². The van der Waals surface area contributed by atoms with E-state index in [2.05, 4.69) is 24.3 Å². The molecule has 1 saturated heterocycles. The molecule has 0 saturated carbocycles. The van der Waals surface area contributed by atoms with E-state index in [-0.39, 0.29) is 0 Å². The molecule has 1 aromatic rings. The molecular weight excluding hydrogens is 224 g/mol. The Bertz CT molecular complexity index is 432. The maximum atomic E-state index is 12.0. The molecule has 2 atom stereocenters. The van der Waals surface area contributed by atoms with Crippen LogP contribution in [-0.4, -0.2) is 18.5 Å². The Morgan fingerprint density at radius 2 is 2.22 bits per heavy atom. The fourth-order valence-corrected chi connectivity index (χ4v) is 3.12. The predicted octanol–water partition coefficient (Wildman–Crippen LogP) is 3.24. The van der Waals surface area contributed by atoms with Gasteiger partial charge in [0.2, 0.25) is 0 Å². The Balaban J connectivity index is 1.45. The molecule has 18 heavy (non-hydrogen) atoms. The minimum atomic E-state index is 0.350. The topological polar surface area (TPSA) is 26.3 Å². The van der Waals surface area contributed by atoms with Gasteiger partial charge in [-0.2, -0.15) is 0 Å². The summed E-state index contributed by atoms with van der Waals surface area (Å²) in [5, 5.41) is 0. The quantitative estimate of drug-likeness (QED) is 0.794. The van der Waals surface area contributed by atoms with Crippen molar-refractivity contribution in [2.75, 3.05) is 6.61 Å². The molecule has 1 aliphatic carbocycles. The van der Waals surface area contributed by atoms with Crippen LogP contribution in [0.15, 0.2) is 24.3 Å². The maximum absolute atomic E-state index is 12.0. The number of carbonyl (C=O) groups is 1. The number of ketones is 1. The smallest absolute Gasteiger partial charge is 0.133 e. The van der Waals surface area contributed by atoms with Crippen molar-refractivity contribution in [1.29, 1.82) is 0 Å². The van der Waals surface area contributed by atoms with E-state index in [9.17, 15) is 4.79 Å². The molecule has 96 valence electrons. The Hall–Kier alpha value is -1.15. The zero-order chi connectivity index (χ0) is 12.4. The van der Waals surface area contributed by atoms with Crippen LogP contribution in [-0.2, 0) is 16.0 Å². The molecular formula is C16H20O2. The lowest BCUT2D eigenvalue weighted by Crippen LogP contribution is -2.20. The van der Waals surface area contributed by atoms with Crippen LogP contribution in [0.3, 0.4) is 0 Å². The number of fused-ring (bicyclic) bond motifs is 1. The third-order valence-electron chi connectivity index (χ3n) is 4.20. The first-order valence-corrected chi connectivity index (χ1v) is 7.04. The average molecular weight is 244 g/mol. The van der Waals surface area contributed by atoms with Crippen molar-refractivity contribution < 1.29 is 9.53 Å². The Labute approximate surface area is 108 Å². The summed E-state index contributed by atoms with van der Waals surface area (Å²) >= 11 is 0. The number of hydrogen-bond donors (Lipinski definition) is 0. The molecule has 1 fully saturated rings. The number of hydrogen-bond acceptors (Lipinski definition) is 2. The minimum Gasteiger partial charge on any atom is -0.378 e. The number of Topliss-reactive ketones (excluding diaryl/α,β-unsaturated/α-hetero) is 1. The maximum Gasteiger partial charge on any atom is 0.133 e. The van der Waals surface area contributed by atoms with Gasteiger partial charge in [-0.3, -0.25) is 4.79 Å². The molecule has 1 aliphatic heterocycles. The lowest BCUT2D eigenvalue weighted by Gasteiger charge is -2.29. The summed E-state index contributed by atoms with van der Waals surface area (Å²) in [7, 11) is 0. The first-order valence-electron chi connectivity index (χ1n) is 7.04. The summed E-state index contributed by atoms with van der Waals surface area (Å²) in [5.41, 5.74) is 2.82. The van der Waals surface area contributed by atoms with Crippen molar-refractivity contribution in [2.24, 2.45) is 0 Å². The van der Waals surface area contributed by atoms with Crippen molar-refractivity contribution >= 4 is 5.78 Å². The summed E-state index contributed by atoms with van der Waals surface area (Å²) in [4.78, 5) is 12.0. The number of rotatable bonds is 5. The van der Waals surface area contributed by atoms with Gasteiger partial charge < -0.3 is 4.74 Å². The summed E-state index contributed by atoms with van der Waals surface area (Å²) in [6.07, 6.45) is 6.08. The van der Waals surface area contributed by atoms with Gasteiger partial charge in [0, 0.05) is 19.4 Å². The van der Waals surface area contributed by atoms with E-state index < -0.39 is 0 Å². The van der Waals surface area contributed by atoms with Crippen LogP contribution in [0.1, 0.15) is 49.1 Å². The van der Waals surface area contributed by atoms with E-state index in [4.69, 9.17) is 4.74 Å². The Kier molecular flexibility index (Phi) is 3.46.